The van der Waals surface area contributed by atoms with Crippen molar-refractivity contribution in [3.05, 3.63) is 76.7 Å². The second-order valence-electron chi connectivity index (χ2n) is 6.70. The van der Waals surface area contributed by atoms with Crippen LogP contribution in [0.2, 0.25) is 5.02 Å². The van der Waals surface area contributed by atoms with Gasteiger partial charge in [-0.05, 0) is 36.2 Å². The van der Waals surface area contributed by atoms with Crippen molar-refractivity contribution in [3.63, 3.8) is 0 Å². The van der Waals surface area contributed by atoms with Crippen molar-refractivity contribution in [2.75, 3.05) is 24.6 Å². The van der Waals surface area contributed by atoms with Gasteiger partial charge in [-0.25, -0.2) is 4.98 Å². The van der Waals surface area contributed by atoms with E-state index in [1.165, 1.54) is 0 Å². The maximum Gasteiger partial charge on any atom is 0.139 e. The molecule has 0 N–H and O–H groups in total. The summed E-state index contributed by atoms with van der Waals surface area (Å²) in [5.41, 5.74) is 2.63. The number of aryl methyl sites for hydroxylation is 2. The predicted molar refractivity (Wildman–Crippen MR) is 103 cm³/mol. The molecule has 1 aliphatic rings. The van der Waals surface area contributed by atoms with Crippen LogP contribution in [0.1, 0.15) is 16.7 Å². The van der Waals surface area contributed by atoms with Crippen molar-refractivity contribution in [2.45, 2.75) is 12.5 Å². The lowest BCUT2D eigenvalue weighted by Crippen LogP contribution is -2.50. The Bertz CT molecular complexity index is 891. The highest BCUT2D eigenvalue weighted by molar-refractivity contribution is 6.30. The van der Waals surface area contributed by atoms with E-state index in [4.69, 9.17) is 16.3 Å². The number of rotatable bonds is 3. The normalized spacial score (nSPS) is 20.3. The summed E-state index contributed by atoms with van der Waals surface area (Å²) in [7, 11) is 1.92. The van der Waals surface area contributed by atoms with Crippen LogP contribution >= 0.6 is 11.6 Å². The number of hydrogen-bond acceptors (Lipinski definition) is 4. The molecule has 3 heterocycles. The molecule has 0 unspecified atom stereocenters. The van der Waals surface area contributed by atoms with Crippen LogP contribution < -0.4 is 4.90 Å². The Labute approximate surface area is 158 Å². The Morgan fingerprint density at radius 1 is 1.08 bits per heavy atom. The molecular formula is C20H21ClN4O. The van der Waals surface area contributed by atoms with Gasteiger partial charge in [0.2, 0.25) is 0 Å². The van der Waals surface area contributed by atoms with Gasteiger partial charge in [-0.3, -0.25) is 4.68 Å². The van der Waals surface area contributed by atoms with E-state index >= 15 is 0 Å². The first-order chi connectivity index (χ1) is 12.6. The SMILES string of the molecule is Cc1ccc(N2CCO[C@@](c3ccc(Cl)cc3)(c3cnn(C)c3)C2)nc1. The highest BCUT2D eigenvalue weighted by atomic mass is 35.5. The zero-order valence-corrected chi connectivity index (χ0v) is 15.6. The number of aromatic nitrogens is 3. The molecule has 1 fully saturated rings. The third-order valence-electron chi connectivity index (χ3n) is 4.82. The number of halogens is 1. The van der Waals surface area contributed by atoms with E-state index in [0.29, 0.717) is 18.2 Å². The molecule has 2 aromatic heterocycles. The van der Waals surface area contributed by atoms with Crippen LogP contribution in [-0.2, 0) is 17.4 Å². The number of benzene rings is 1. The summed E-state index contributed by atoms with van der Waals surface area (Å²) in [4.78, 5) is 6.87. The quantitative estimate of drug-likeness (QED) is 0.709. The standard InChI is InChI=1S/C20H21ClN4O/c1-15-3-8-19(22-11-15)25-9-10-26-20(14-25,17-12-23-24(2)13-17)16-4-6-18(21)7-5-16/h3-8,11-13H,9-10,14H2,1-2H3/t20-/m0/s1. The van der Waals surface area contributed by atoms with Gasteiger partial charge in [-0.15, -0.1) is 0 Å². The molecule has 5 nitrogen and oxygen atoms in total. The number of ether oxygens (including phenoxy) is 1. The molecular weight excluding hydrogens is 348 g/mol. The van der Waals surface area contributed by atoms with Gasteiger partial charge >= 0.3 is 0 Å². The number of pyridine rings is 1. The number of anilines is 1. The highest BCUT2D eigenvalue weighted by Crippen LogP contribution is 2.38. The van der Waals surface area contributed by atoms with Crippen LogP contribution in [0.3, 0.4) is 0 Å². The van der Waals surface area contributed by atoms with E-state index in [2.05, 4.69) is 27.1 Å². The van der Waals surface area contributed by atoms with Gasteiger partial charge in [0.1, 0.15) is 11.4 Å². The minimum Gasteiger partial charge on any atom is -0.362 e. The van der Waals surface area contributed by atoms with Crippen LogP contribution in [0, 0.1) is 6.92 Å². The van der Waals surface area contributed by atoms with E-state index in [1.54, 1.807) is 4.68 Å². The monoisotopic (exact) mass is 368 g/mol. The van der Waals surface area contributed by atoms with Crippen molar-refractivity contribution in [2.24, 2.45) is 7.05 Å². The zero-order chi connectivity index (χ0) is 18.1. The minimum absolute atomic E-state index is 0.604. The maximum atomic E-state index is 6.40. The summed E-state index contributed by atoms with van der Waals surface area (Å²) >= 11 is 6.11. The maximum absolute atomic E-state index is 6.40. The van der Waals surface area contributed by atoms with Gasteiger partial charge in [-0.1, -0.05) is 29.8 Å². The van der Waals surface area contributed by atoms with Gasteiger partial charge in [0.05, 0.1) is 19.3 Å². The Kier molecular flexibility index (Phi) is 4.42. The fourth-order valence-corrected chi connectivity index (χ4v) is 3.56. The number of morpholine rings is 1. The van der Waals surface area contributed by atoms with Crippen LogP contribution in [0.5, 0.6) is 0 Å². The van der Waals surface area contributed by atoms with Crippen molar-refractivity contribution in [1.82, 2.24) is 14.8 Å². The Balaban J connectivity index is 1.77. The fraction of sp³-hybridized carbons (Fsp3) is 0.300. The lowest BCUT2D eigenvalue weighted by Gasteiger charge is -2.43. The molecule has 1 aliphatic heterocycles. The average Bonchev–Trinajstić information content (AvgIpc) is 3.10. The summed E-state index contributed by atoms with van der Waals surface area (Å²) in [6, 6.07) is 12.0. The summed E-state index contributed by atoms with van der Waals surface area (Å²) in [5.74, 6) is 0.959. The first kappa shape index (κ1) is 17.1. The number of hydrogen-bond donors (Lipinski definition) is 0. The van der Waals surface area contributed by atoms with E-state index in [9.17, 15) is 0 Å². The first-order valence-electron chi connectivity index (χ1n) is 8.63. The Morgan fingerprint density at radius 2 is 1.88 bits per heavy atom. The van der Waals surface area contributed by atoms with E-state index in [1.807, 2.05) is 56.8 Å². The number of nitrogens with zero attached hydrogens (tertiary/aromatic N) is 4. The topological polar surface area (TPSA) is 43.2 Å². The van der Waals surface area contributed by atoms with Crippen molar-refractivity contribution >= 4 is 17.4 Å². The average molecular weight is 369 g/mol. The molecule has 0 radical (unpaired) electrons. The smallest absolute Gasteiger partial charge is 0.139 e. The van der Waals surface area contributed by atoms with Crippen molar-refractivity contribution < 1.29 is 4.74 Å². The summed E-state index contributed by atoms with van der Waals surface area (Å²) in [6.07, 6.45) is 5.79. The minimum atomic E-state index is -0.607. The predicted octanol–water partition coefficient (Wildman–Crippen LogP) is 3.56. The Morgan fingerprint density at radius 3 is 2.54 bits per heavy atom. The zero-order valence-electron chi connectivity index (χ0n) is 14.9. The van der Waals surface area contributed by atoms with Gasteiger partial charge in [0, 0.05) is 36.6 Å². The molecule has 4 rings (SSSR count). The second kappa shape index (κ2) is 6.74. The first-order valence-corrected chi connectivity index (χ1v) is 9.01. The van der Waals surface area contributed by atoms with Crippen LogP contribution in [0.4, 0.5) is 5.82 Å². The largest absolute Gasteiger partial charge is 0.362 e. The van der Waals surface area contributed by atoms with Crippen molar-refractivity contribution in [1.29, 1.82) is 0 Å². The van der Waals surface area contributed by atoms with E-state index < -0.39 is 5.60 Å². The lowest BCUT2D eigenvalue weighted by molar-refractivity contribution is -0.0297. The van der Waals surface area contributed by atoms with E-state index in [0.717, 1.165) is 29.1 Å². The molecule has 26 heavy (non-hydrogen) atoms. The van der Waals surface area contributed by atoms with Crippen LogP contribution in [0.15, 0.2) is 55.0 Å². The molecule has 1 atom stereocenters. The lowest BCUT2D eigenvalue weighted by atomic mass is 9.86. The fourth-order valence-electron chi connectivity index (χ4n) is 3.43. The summed E-state index contributed by atoms with van der Waals surface area (Å²) in [5, 5.41) is 5.08. The molecule has 6 heteroatoms. The van der Waals surface area contributed by atoms with Gasteiger partial charge in [0.25, 0.3) is 0 Å². The summed E-state index contributed by atoms with van der Waals surface area (Å²) in [6.45, 7) is 4.11. The molecule has 1 saturated heterocycles. The molecule has 134 valence electrons. The van der Waals surface area contributed by atoms with E-state index in [-0.39, 0.29) is 0 Å². The van der Waals surface area contributed by atoms with Crippen LogP contribution in [0.25, 0.3) is 0 Å². The van der Waals surface area contributed by atoms with Gasteiger partial charge in [0.15, 0.2) is 0 Å². The third kappa shape index (κ3) is 3.08. The molecule has 0 spiro atoms. The van der Waals surface area contributed by atoms with Gasteiger partial charge in [-0.2, -0.15) is 5.10 Å². The van der Waals surface area contributed by atoms with Crippen LogP contribution in [-0.4, -0.2) is 34.5 Å². The molecule has 0 aliphatic carbocycles. The third-order valence-corrected chi connectivity index (χ3v) is 5.08. The molecule has 0 bridgehead atoms. The molecule has 0 saturated carbocycles. The van der Waals surface area contributed by atoms with Gasteiger partial charge < -0.3 is 9.64 Å². The van der Waals surface area contributed by atoms with Crippen molar-refractivity contribution in [3.8, 4) is 0 Å². The highest BCUT2D eigenvalue weighted by Gasteiger charge is 2.41. The molecule has 1 aromatic carbocycles. The summed E-state index contributed by atoms with van der Waals surface area (Å²) < 4.78 is 8.21. The Hall–Kier alpha value is -2.37. The second-order valence-corrected chi connectivity index (χ2v) is 7.14. The molecule has 0 amide bonds. The molecule has 3 aromatic rings.